The summed E-state index contributed by atoms with van der Waals surface area (Å²) in [7, 11) is 3.99. The molecule has 0 saturated heterocycles. The SMILES string of the molecule is Cc1cccc(NC(=O)CSc2nc(=O)n(CCN(C)C)c3c2CCC3)c1. The molecule has 3 rings (SSSR count). The largest absolute Gasteiger partial charge is 0.348 e. The van der Waals surface area contributed by atoms with Gasteiger partial charge in [0.1, 0.15) is 5.03 Å². The third-order valence-electron chi connectivity index (χ3n) is 4.61. The molecule has 6 nitrogen and oxygen atoms in total. The van der Waals surface area contributed by atoms with Gasteiger partial charge in [-0.3, -0.25) is 9.36 Å². The summed E-state index contributed by atoms with van der Waals surface area (Å²) in [4.78, 5) is 31.1. The van der Waals surface area contributed by atoms with Crippen molar-refractivity contribution in [3.05, 3.63) is 51.6 Å². The number of hydrogen-bond donors (Lipinski definition) is 1. The van der Waals surface area contributed by atoms with E-state index in [0.29, 0.717) is 11.6 Å². The molecular formula is C20H26N4O2S. The number of nitrogens with zero attached hydrogens (tertiary/aromatic N) is 3. The Balaban J connectivity index is 1.70. The van der Waals surface area contributed by atoms with E-state index in [1.165, 1.54) is 11.8 Å². The first-order chi connectivity index (χ1) is 12.9. The molecule has 1 aromatic heterocycles. The molecule has 144 valence electrons. The maximum absolute atomic E-state index is 12.5. The summed E-state index contributed by atoms with van der Waals surface area (Å²) in [5, 5.41) is 3.62. The maximum Gasteiger partial charge on any atom is 0.348 e. The van der Waals surface area contributed by atoms with E-state index in [9.17, 15) is 9.59 Å². The van der Waals surface area contributed by atoms with E-state index in [4.69, 9.17) is 0 Å². The minimum atomic E-state index is -0.209. The lowest BCUT2D eigenvalue weighted by Crippen LogP contribution is -2.31. The molecule has 1 heterocycles. The molecule has 0 aliphatic heterocycles. The lowest BCUT2D eigenvalue weighted by atomic mass is 10.2. The number of rotatable bonds is 7. The minimum Gasteiger partial charge on any atom is -0.325 e. The second-order valence-corrected chi connectivity index (χ2v) is 8.10. The molecule has 1 aliphatic carbocycles. The number of thioether (sulfide) groups is 1. The van der Waals surface area contributed by atoms with E-state index in [0.717, 1.165) is 48.3 Å². The lowest BCUT2D eigenvalue weighted by molar-refractivity contribution is -0.113. The fourth-order valence-corrected chi connectivity index (χ4v) is 4.17. The zero-order chi connectivity index (χ0) is 19.4. The van der Waals surface area contributed by atoms with Crippen LogP contribution in [0.4, 0.5) is 5.69 Å². The van der Waals surface area contributed by atoms with Crippen LogP contribution in [0.1, 0.15) is 23.2 Å². The smallest absolute Gasteiger partial charge is 0.325 e. The maximum atomic E-state index is 12.5. The van der Waals surface area contributed by atoms with Crippen LogP contribution in [0.15, 0.2) is 34.1 Å². The summed E-state index contributed by atoms with van der Waals surface area (Å²) in [6.07, 6.45) is 2.86. The summed E-state index contributed by atoms with van der Waals surface area (Å²) in [5.41, 5.74) is 3.92. The summed E-state index contributed by atoms with van der Waals surface area (Å²) in [6.45, 7) is 3.45. The van der Waals surface area contributed by atoms with Gasteiger partial charge in [-0.15, -0.1) is 0 Å². The van der Waals surface area contributed by atoms with Crippen molar-refractivity contribution in [3.63, 3.8) is 0 Å². The molecule has 0 atom stereocenters. The number of aryl methyl sites for hydroxylation is 1. The van der Waals surface area contributed by atoms with Crippen LogP contribution in [-0.2, 0) is 24.2 Å². The first-order valence-electron chi connectivity index (χ1n) is 9.20. The van der Waals surface area contributed by atoms with Crippen molar-refractivity contribution in [2.75, 3.05) is 31.7 Å². The molecule has 7 heteroatoms. The number of anilines is 1. The van der Waals surface area contributed by atoms with Crippen molar-refractivity contribution >= 4 is 23.4 Å². The van der Waals surface area contributed by atoms with Gasteiger partial charge in [0.2, 0.25) is 5.91 Å². The number of nitrogens with one attached hydrogen (secondary N) is 1. The third-order valence-corrected chi connectivity index (χ3v) is 5.63. The topological polar surface area (TPSA) is 67.2 Å². The molecule has 1 N–H and O–H groups in total. The Bertz CT molecular complexity index is 892. The highest BCUT2D eigenvalue weighted by Gasteiger charge is 2.22. The van der Waals surface area contributed by atoms with Gasteiger partial charge in [0, 0.05) is 30.0 Å². The monoisotopic (exact) mass is 386 g/mol. The molecule has 0 unspecified atom stereocenters. The third kappa shape index (κ3) is 4.99. The zero-order valence-electron chi connectivity index (χ0n) is 16.1. The predicted molar refractivity (Wildman–Crippen MR) is 110 cm³/mol. The lowest BCUT2D eigenvalue weighted by Gasteiger charge is -2.16. The Morgan fingerprint density at radius 1 is 1.33 bits per heavy atom. The number of hydrogen-bond acceptors (Lipinski definition) is 5. The number of fused-ring (bicyclic) bond motifs is 1. The Kier molecular flexibility index (Phi) is 6.34. The van der Waals surface area contributed by atoms with Gasteiger partial charge in [0.25, 0.3) is 0 Å². The normalized spacial score (nSPS) is 13.0. The van der Waals surface area contributed by atoms with E-state index in [1.807, 2.05) is 45.3 Å². The molecule has 0 spiro atoms. The highest BCUT2D eigenvalue weighted by molar-refractivity contribution is 8.00. The van der Waals surface area contributed by atoms with Gasteiger partial charge in [0.05, 0.1) is 5.75 Å². The van der Waals surface area contributed by atoms with Crippen molar-refractivity contribution in [1.82, 2.24) is 14.5 Å². The van der Waals surface area contributed by atoms with Crippen LogP contribution in [0, 0.1) is 6.92 Å². The Hall–Kier alpha value is -2.12. The number of amides is 1. The summed E-state index contributed by atoms with van der Waals surface area (Å²) < 4.78 is 1.80. The first-order valence-corrected chi connectivity index (χ1v) is 10.2. The van der Waals surface area contributed by atoms with Crippen molar-refractivity contribution in [1.29, 1.82) is 0 Å². The molecular weight excluding hydrogens is 360 g/mol. The Morgan fingerprint density at radius 2 is 2.15 bits per heavy atom. The fraction of sp³-hybridized carbons (Fsp3) is 0.450. The second kappa shape index (κ2) is 8.71. The van der Waals surface area contributed by atoms with E-state index in [-0.39, 0.29) is 17.3 Å². The van der Waals surface area contributed by atoms with Crippen LogP contribution in [0.2, 0.25) is 0 Å². The standard InChI is InChI=1S/C20H26N4O2S/c1-14-6-4-7-15(12-14)21-18(25)13-27-19-16-8-5-9-17(16)24(20(26)22-19)11-10-23(2)3/h4,6-7,12H,5,8-11,13H2,1-3H3,(H,21,25). The fourth-order valence-electron chi connectivity index (χ4n) is 3.29. The summed E-state index contributed by atoms with van der Waals surface area (Å²) >= 11 is 1.36. The molecule has 0 bridgehead atoms. The summed E-state index contributed by atoms with van der Waals surface area (Å²) in [6, 6.07) is 7.71. The quantitative estimate of drug-likeness (QED) is 0.584. The molecule has 1 aromatic carbocycles. The molecule has 27 heavy (non-hydrogen) atoms. The van der Waals surface area contributed by atoms with Gasteiger partial charge in [-0.05, 0) is 58.0 Å². The average molecular weight is 387 g/mol. The van der Waals surface area contributed by atoms with Crippen LogP contribution in [0.5, 0.6) is 0 Å². The number of aromatic nitrogens is 2. The van der Waals surface area contributed by atoms with Gasteiger partial charge in [-0.1, -0.05) is 23.9 Å². The second-order valence-electron chi connectivity index (χ2n) is 7.14. The van der Waals surface area contributed by atoms with E-state index in [1.54, 1.807) is 4.57 Å². The molecule has 1 aliphatic rings. The number of carbonyl (C=O) groups is 1. The zero-order valence-corrected chi connectivity index (χ0v) is 16.9. The number of carbonyl (C=O) groups excluding carboxylic acids is 1. The van der Waals surface area contributed by atoms with Crippen molar-refractivity contribution < 1.29 is 4.79 Å². The van der Waals surface area contributed by atoms with Gasteiger partial charge in [0.15, 0.2) is 0 Å². The molecule has 0 fully saturated rings. The van der Waals surface area contributed by atoms with Crippen molar-refractivity contribution in [2.24, 2.45) is 0 Å². The number of likely N-dealkylation sites (N-methyl/N-ethyl adjacent to an activating group) is 1. The Morgan fingerprint density at radius 3 is 2.89 bits per heavy atom. The highest BCUT2D eigenvalue weighted by Crippen LogP contribution is 2.29. The van der Waals surface area contributed by atoms with Crippen molar-refractivity contribution in [3.8, 4) is 0 Å². The van der Waals surface area contributed by atoms with E-state index >= 15 is 0 Å². The number of benzene rings is 1. The molecule has 1 amide bonds. The minimum absolute atomic E-state index is 0.0871. The van der Waals surface area contributed by atoms with Crippen LogP contribution < -0.4 is 11.0 Å². The van der Waals surface area contributed by atoms with Crippen LogP contribution in [-0.4, -0.2) is 46.8 Å². The van der Waals surface area contributed by atoms with Crippen LogP contribution >= 0.6 is 11.8 Å². The Labute approximate surface area is 164 Å². The van der Waals surface area contributed by atoms with Gasteiger partial charge in [-0.2, -0.15) is 4.98 Å². The van der Waals surface area contributed by atoms with Crippen LogP contribution in [0.25, 0.3) is 0 Å². The van der Waals surface area contributed by atoms with Crippen molar-refractivity contribution in [2.45, 2.75) is 37.8 Å². The van der Waals surface area contributed by atoms with E-state index in [2.05, 4.69) is 15.2 Å². The highest BCUT2D eigenvalue weighted by atomic mass is 32.2. The van der Waals surface area contributed by atoms with Gasteiger partial charge < -0.3 is 10.2 Å². The first kappa shape index (κ1) is 19.6. The molecule has 2 aromatic rings. The summed E-state index contributed by atoms with van der Waals surface area (Å²) in [5.74, 6) is 0.157. The predicted octanol–water partition coefficient (Wildman–Crippen LogP) is 2.33. The average Bonchev–Trinajstić information content (AvgIpc) is 3.08. The van der Waals surface area contributed by atoms with Gasteiger partial charge in [-0.25, -0.2) is 4.79 Å². The molecule has 0 saturated carbocycles. The van der Waals surface area contributed by atoms with Crippen LogP contribution in [0.3, 0.4) is 0 Å². The molecule has 0 radical (unpaired) electrons. The van der Waals surface area contributed by atoms with E-state index < -0.39 is 0 Å². The van der Waals surface area contributed by atoms with Gasteiger partial charge >= 0.3 is 5.69 Å².